The van der Waals surface area contributed by atoms with Gasteiger partial charge in [-0.25, -0.2) is 9.59 Å². The zero-order chi connectivity index (χ0) is 25.8. The highest BCUT2D eigenvalue weighted by Gasteiger charge is 2.22. The number of hydrogen-bond donors (Lipinski definition) is 2. The van der Waals surface area contributed by atoms with Gasteiger partial charge in [0.1, 0.15) is 11.4 Å². The molecule has 8 nitrogen and oxygen atoms in total. The van der Waals surface area contributed by atoms with Crippen molar-refractivity contribution in [3.63, 3.8) is 0 Å². The molecule has 2 amide bonds. The number of carbonyl (C=O) groups is 2. The van der Waals surface area contributed by atoms with Crippen molar-refractivity contribution in [3.8, 4) is 16.9 Å². The van der Waals surface area contributed by atoms with Crippen LogP contribution in [0.15, 0.2) is 53.3 Å². The molecule has 0 fully saturated rings. The number of carbonyl (C=O) groups excluding carboxylic acids is 2. The lowest BCUT2D eigenvalue weighted by Crippen LogP contribution is -2.35. The van der Waals surface area contributed by atoms with Crippen LogP contribution >= 0.6 is 0 Å². The average molecular weight is 480 g/mol. The number of amides is 2. The highest BCUT2D eigenvalue weighted by Crippen LogP contribution is 2.33. The van der Waals surface area contributed by atoms with Gasteiger partial charge in [0.25, 0.3) is 5.56 Å². The summed E-state index contributed by atoms with van der Waals surface area (Å²) < 4.78 is 12.5. The maximum atomic E-state index is 13.6. The molecule has 2 N–H and O–H groups in total. The van der Waals surface area contributed by atoms with Gasteiger partial charge in [-0.1, -0.05) is 44.2 Å². The minimum Gasteiger partial charge on any atom is -0.444 e. The van der Waals surface area contributed by atoms with Gasteiger partial charge in [-0.15, -0.1) is 0 Å². The Morgan fingerprint density at radius 1 is 1.00 bits per heavy atom. The summed E-state index contributed by atoms with van der Waals surface area (Å²) in [5.74, 6) is 0.492. The summed E-state index contributed by atoms with van der Waals surface area (Å²) in [7, 11) is 1.48. The van der Waals surface area contributed by atoms with Crippen molar-refractivity contribution in [3.05, 3.63) is 64.6 Å². The number of aromatic nitrogens is 1. The van der Waals surface area contributed by atoms with Crippen molar-refractivity contribution in [1.82, 2.24) is 15.2 Å². The van der Waals surface area contributed by atoms with Crippen LogP contribution in [-0.2, 0) is 17.8 Å². The quantitative estimate of drug-likeness (QED) is 0.514. The summed E-state index contributed by atoms with van der Waals surface area (Å²) in [6, 6.07) is 14.6. The molecule has 0 bridgehead atoms. The van der Waals surface area contributed by atoms with Crippen molar-refractivity contribution in [2.75, 3.05) is 7.05 Å². The smallest absolute Gasteiger partial charge is 0.412 e. The normalized spacial score (nSPS) is 11.4. The van der Waals surface area contributed by atoms with E-state index in [-0.39, 0.29) is 18.0 Å². The van der Waals surface area contributed by atoms with Gasteiger partial charge in [0.15, 0.2) is 0 Å². The summed E-state index contributed by atoms with van der Waals surface area (Å²) in [4.78, 5) is 37.9. The molecule has 1 aromatic heterocycles. The second-order valence-electron chi connectivity index (χ2n) is 9.70. The third-order valence-corrected chi connectivity index (χ3v) is 5.17. The number of nitrogens with zero attached hydrogens (tertiary/aromatic N) is 1. The van der Waals surface area contributed by atoms with Crippen LogP contribution in [0.2, 0.25) is 0 Å². The molecule has 0 radical (unpaired) electrons. The Morgan fingerprint density at radius 3 is 2.29 bits per heavy atom. The Hall–Kier alpha value is -3.81. The van der Waals surface area contributed by atoms with Crippen LogP contribution in [0.4, 0.5) is 9.59 Å². The van der Waals surface area contributed by atoms with E-state index in [1.165, 1.54) is 7.05 Å². The summed E-state index contributed by atoms with van der Waals surface area (Å²) in [6.07, 6.45) is -1.18. The molecule has 0 aliphatic rings. The van der Waals surface area contributed by atoms with Crippen LogP contribution < -0.4 is 20.9 Å². The fourth-order valence-corrected chi connectivity index (χ4v) is 3.84. The van der Waals surface area contributed by atoms with E-state index in [1.807, 2.05) is 44.2 Å². The first-order valence-corrected chi connectivity index (χ1v) is 11.6. The van der Waals surface area contributed by atoms with E-state index in [0.717, 1.165) is 11.1 Å². The zero-order valence-corrected chi connectivity index (χ0v) is 21.1. The van der Waals surface area contributed by atoms with Gasteiger partial charge in [-0.2, -0.15) is 0 Å². The molecule has 186 valence electrons. The van der Waals surface area contributed by atoms with Crippen molar-refractivity contribution in [1.29, 1.82) is 0 Å². The molecule has 2 aromatic carbocycles. The molecule has 0 atom stereocenters. The Balaban J connectivity index is 2.27. The second-order valence-corrected chi connectivity index (χ2v) is 9.70. The van der Waals surface area contributed by atoms with Gasteiger partial charge in [0.05, 0.1) is 6.54 Å². The summed E-state index contributed by atoms with van der Waals surface area (Å²) in [5.41, 5.74) is 1.46. The Kier molecular flexibility index (Phi) is 7.84. The minimum atomic E-state index is -0.653. The highest BCUT2D eigenvalue weighted by molar-refractivity contribution is 5.98. The fraction of sp³-hybridized carbons (Fsp3) is 0.370. The summed E-state index contributed by atoms with van der Waals surface area (Å²) >= 11 is 0. The minimum absolute atomic E-state index is 0.0809. The Labute approximate surface area is 205 Å². The van der Waals surface area contributed by atoms with E-state index in [4.69, 9.17) is 9.47 Å². The molecule has 0 saturated carbocycles. The summed E-state index contributed by atoms with van der Waals surface area (Å²) in [5, 5.41) is 6.36. The molecule has 3 aromatic rings. The van der Waals surface area contributed by atoms with Gasteiger partial charge < -0.3 is 24.7 Å². The van der Waals surface area contributed by atoms with Crippen LogP contribution in [0.3, 0.4) is 0 Å². The number of alkyl carbamates (subject to hydrolysis) is 1. The SMILES string of the molecule is CNC(=O)Oc1ccc2c(=O)n(CC(C)C)c(CNC(=O)OC(C)(C)C)c(-c3ccccc3)c2c1. The number of ether oxygens (including phenoxy) is 2. The number of nitrogens with one attached hydrogen (secondary N) is 2. The van der Waals surface area contributed by atoms with Gasteiger partial charge >= 0.3 is 12.2 Å². The van der Waals surface area contributed by atoms with Gasteiger partial charge in [-0.3, -0.25) is 4.79 Å². The molecule has 3 rings (SSSR count). The highest BCUT2D eigenvalue weighted by atomic mass is 16.6. The maximum Gasteiger partial charge on any atom is 0.412 e. The number of benzene rings is 2. The molecule has 0 unspecified atom stereocenters. The molecule has 0 saturated heterocycles. The van der Waals surface area contributed by atoms with Crippen LogP contribution in [0.5, 0.6) is 5.75 Å². The Morgan fingerprint density at radius 2 is 1.69 bits per heavy atom. The molecule has 35 heavy (non-hydrogen) atoms. The molecule has 0 aliphatic heterocycles. The predicted molar refractivity (Wildman–Crippen MR) is 137 cm³/mol. The number of pyridine rings is 1. The lowest BCUT2D eigenvalue weighted by molar-refractivity contribution is 0.0522. The van der Waals surface area contributed by atoms with E-state index < -0.39 is 17.8 Å². The molecular weight excluding hydrogens is 446 g/mol. The first kappa shape index (κ1) is 25.8. The average Bonchev–Trinajstić information content (AvgIpc) is 2.78. The molecule has 0 aliphatic carbocycles. The lowest BCUT2D eigenvalue weighted by atomic mass is 9.96. The number of hydrogen-bond acceptors (Lipinski definition) is 5. The van der Waals surface area contributed by atoms with Crippen LogP contribution in [0.1, 0.15) is 40.3 Å². The lowest BCUT2D eigenvalue weighted by Gasteiger charge is -2.23. The largest absolute Gasteiger partial charge is 0.444 e. The van der Waals surface area contributed by atoms with Crippen molar-refractivity contribution >= 4 is 23.0 Å². The fourth-order valence-electron chi connectivity index (χ4n) is 3.84. The molecule has 8 heteroatoms. The first-order chi connectivity index (χ1) is 16.5. The van der Waals surface area contributed by atoms with E-state index in [2.05, 4.69) is 10.6 Å². The molecule has 1 heterocycles. The Bertz CT molecular complexity index is 1270. The number of rotatable bonds is 6. The van der Waals surface area contributed by atoms with E-state index in [0.29, 0.717) is 28.8 Å². The number of fused-ring (bicyclic) bond motifs is 1. The van der Waals surface area contributed by atoms with Gasteiger partial charge in [0, 0.05) is 35.6 Å². The standard InChI is InChI=1S/C27H33N3O5/c1-17(2)16-30-22(15-29-26(33)35-27(3,4)5)23(18-10-8-7-9-11-18)21-14-19(34-25(32)28-6)12-13-20(21)24(30)31/h7-14,17H,15-16H2,1-6H3,(H,28,32)(H,29,33). The zero-order valence-electron chi connectivity index (χ0n) is 21.1. The third-order valence-electron chi connectivity index (χ3n) is 5.17. The van der Waals surface area contributed by atoms with Crippen LogP contribution in [0.25, 0.3) is 21.9 Å². The van der Waals surface area contributed by atoms with Crippen molar-refractivity contribution in [2.24, 2.45) is 5.92 Å². The van der Waals surface area contributed by atoms with E-state index in [1.54, 1.807) is 43.5 Å². The first-order valence-electron chi connectivity index (χ1n) is 11.6. The maximum absolute atomic E-state index is 13.6. The summed E-state index contributed by atoms with van der Waals surface area (Å²) in [6.45, 7) is 9.99. The molecular formula is C27H33N3O5. The van der Waals surface area contributed by atoms with Gasteiger partial charge in [-0.05, 0) is 50.5 Å². The monoisotopic (exact) mass is 479 g/mol. The third kappa shape index (κ3) is 6.41. The second kappa shape index (κ2) is 10.6. The van der Waals surface area contributed by atoms with Crippen LogP contribution in [0, 0.1) is 5.92 Å². The van der Waals surface area contributed by atoms with Crippen molar-refractivity contribution < 1.29 is 19.1 Å². The van der Waals surface area contributed by atoms with Crippen molar-refractivity contribution in [2.45, 2.75) is 53.3 Å². The predicted octanol–water partition coefficient (Wildman–Crippen LogP) is 5.07. The van der Waals surface area contributed by atoms with E-state index in [9.17, 15) is 14.4 Å². The van der Waals surface area contributed by atoms with Gasteiger partial charge in [0.2, 0.25) is 0 Å². The van der Waals surface area contributed by atoms with E-state index >= 15 is 0 Å². The van der Waals surface area contributed by atoms with Crippen LogP contribution in [-0.4, -0.2) is 29.4 Å². The molecule has 0 spiro atoms. The topological polar surface area (TPSA) is 98.7 Å².